The Hall–Kier alpha value is -2.91. The normalized spacial score (nSPS) is 17.4. The minimum Gasteiger partial charge on any atom is -0.478 e. The molecule has 3 aromatic heterocycles. The first kappa shape index (κ1) is 24.2. The van der Waals surface area contributed by atoms with Crippen molar-refractivity contribution in [2.75, 3.05) is 26.2 Å². The maximum Gasteiger partial charge on any atom is 0.336 e. The van der Waals surface area contributed by atoms with Gasteiger partial charge in [-0.05, 0) is 51.5 Å². The van der Waals surface area contributed by atoms with Crippen molar-refractivity contribution in [3.8, 4) is 11.1 Å². The zero-order valence-electron chi connectivity index (χ0n) is 19.7. The predicted octanol–water partition coefficient (Wildman–Crippen LogP) is 4.86. The number of carbonyl (C=O) groups is 1. The van der Waals surface area contributed by atoms with Gasteiger partial charge in [0.05, 0.1) is 11.1 Å². The molecular weight excluding hydrogens is 445 g/mol. The molecule has 3 aromatic rings. The summed E-state index contributed by atoms with van der Waals surface area (Å²) in [5.74, 6) is -1.01. The number of alkyl halides is 3. The van der Waals surface area contributed by atoms with E-state index < -0.39 is 18.7 Å². The maximum absolute atomic E-state index is 13.8. The number of hydrogen-bond donors (Lipinski definition) is 1. The molecule has 1 N–H and O–H groups in total. The average molecular weight is 475 g/mol. The molecule has 0 aliphatic carbocycles. The number of nitrogens with zero attached hydrogens (tertiary/aromatic N) is 4. The molecule has 4 heterocycles. The zero-order chi connectivity index (χ0) is 24.7. The van der Waals surface area contributed by atoms with Crippen molar-refractivity contribution in [2.45, 2.75) is 46.5 Å². The summed E-state index contributed by atoms with van der Waals surface area (Å²) in [5, 5.41) is 9.92. The van der Waals surface area contributed by atoms with Crippen molar-refractivity contribution in [1.29, 1.82) is 0 Å². The number of hydrogen-bond acceptors (Lipinski definition) is 4. The Morgan fingerprint density at radius 2 is 1.65 bits per heavy atom. The highest BCUT2D eigenvalue weighted by Gasteiger charge is 2.33. The SMILES string of the molecule is Cc1ccc(-c2ccn3c(C(C)N4CCN(C(F)C(F)F)CC4)c(C)c(C(=O)O)cc23)c(C)n1. The van der Waals surface area contributed by atoms with Crippen LogP contribution in [0.15, 0.2) is 30.5 Å². The number of halogens is 3. The summed E-state index contributed by atoms with van der Waals surface area (Å²) in [6.07, 6.45) is -3.37. The number of aromatic carboxylic acids is 1. The van der Waals surface area contributed by atoms with Crippen molar-refractivity contribution in [2.24, 2.45) is 0 Å². The van der Waals surface area contributed by atoms with Gasteiger partial charge in [-0.25, -0.2) is 18.0 Å². The fourth-order valence-corrected chi connectivity index (χ4v) is 5.00. The van der Waals surface area contributed by atoms with Gasteiger partial charge in [-0.15, -0.1) is 0 Å². The molecule has 0 spiro atoms. The van der Waals surface area contributed by atoms with Crippen molar-refractivity contribution < 1.29 is 23.1 Å². The van der Waals surface area contributed by atoms with Gasteiger partial charge < -0.3 is 9.51 Å². The summed E-state index contributed by atoms with van der Waals surface area (Å²) >= 11 is 0. The second kappa shape index (κ2) is 9.38. The quantitative estimate of drug-likeness (QED) is 0.517. The third-order valence-corrected chi connectivity index (χ3v) is 6.85. The second-order valence-corrected chi connectivity index (χ2v) is 8.90. The molecule has 34 heavy (non-hydrogen) atoms. The molecule has 1 saturated heterocycles. The lowest BCUT2D eigenvalue weighted by atomic mass is 9.99. The van der Waals surface area contributed by atoms with Gasteiger partial charge in [-0.1, -0.05) is 6.07 Å². The van der Waals surface area contributed by atoms with E-state index in [9.17, 15) is 23.1 Å². The van der Waals surface area contributed by atoms with Crippen molar-refractivity contribution in [3.05, 3.63) is 58.7 Å². The molecule has 1 aliphatic heterocycles. The lowest BCUT2D eigenvalue weighted by molar-refractivity contribution is -0.0688. The fraction of sp³-hybridized carbons (Fsp3) is 0.440. The molecule has 0 amide bonds. The van der Waals surface area contributed by atoms with E-state index in [0.29, 0.717) is 18.7 Å². The van der Waals surface area contributed by atoms with E-state index in [4.69, 9.17) is 0 Å². The second-order valence-electron chi connectivity index (χ2n) is 8.90. The highest BCUT2D eigenvalue weighted by atomic mass is 19.3. The van der Waals surface area contributed by atoms with E-state index in [1.165, 1.54) is 0 Å². The number of fused-ring (bicyclic) bond motifs is 1. The average Bonchev–Trinajstić information content (AvgIpc) is 3.20. The Morgan fingerprint density at radius 3 is 2.24 bits per heavy atom. The largest absolute Gasteiger partial charge is 0.478 e. The van der Waals surface area contributed by atoms with Gasteiger partial charge in [0.15, 0.2) is 0 Å². The molecule has 2 unspecified atom stereocenters. The molecule has 4 rings (SSSR count). The summed E-state index contributed by atoms with van der Waals surface area (Å²) in [4.78, 5) is 19.9. The molecular formula is C25H29F3N4O2. The van der Waals surface area contributed by atoms with E-state index in [2.05, 4.69) is 9.88 Å². The first-order chi connectivity index (χ1) is 16.1. The number of aryl methyl sites for hydroxylation is 2. The first-order valence-corrected chi connectivity index (χ1v) is 11.3. The number of pyridine rings is 2. The van der Waals surface area contributed by atoms with Crippen LogP contribution in [-0.4, -0.2) is 69.2 Å². The highest BCUT2D eigenvalue weighted by Crippen LogP contribution is 2.35. The minimum atomic E-state index is -3.03. The zero-order valence-corrected chi connectivity index (χ0v) is 19.7. The molecule has 0 aromatic carbocycles. The van der Waals surface area contributed by atoms with E-state index in [1.54, 1.807) is 13.0 Å². The van der Waals surface area contributed by atoms with Gasteiger partial charge in [0.2, 0.25) is 6.30 Å². The molecule has 0 radical (unpaired) electrons. The molecule has 6 nitrogen and oxygen atoms in total. The Bertz CT molecular complexity index is 1220. The smallest absolute Gasteiger partial charge is 0.336 e. The van der Waals surface area contributed by atoms with Crippen molar-refractivity contribution in [1.82, 2.24) is 19.2 Å². The summed E-state index contributed by atoms with van der Waals surface area (Å²) < 4.78 is 41.3. The maximum atomic E-state index is 13.8. The highest BCUT2D eigenvalue weighted by molar-refractivity contribution is 5.94. The van der Waals surface area contributed by atoms with Crippen LogP contribution in [0.5, 0.6) is 0 Å². The first-order valence-electron chi connectivity index (χ1n) is 11.3. The van der Waals surface area contributed by atoms with Crippen LogP contribution in [0.25, 0.3) is 16.6 Å². The molecule has 1 fully saturated rings. The predicted molar refractivity (Wildman–Crippen MR) is 124 cm³/mol. The van der Waals surface area contributed by atoms with Gasteiger partial charge in [0.25, 0.3) is 6.43 Å². The van der Waals surface area contributed by atoms with Gasteiger partial charge in [-0.2, -0.15) is 0 Å². The van der Waals surface area contributed by atoms with Crippen LogP contribution in [0.1, 0.15) is 46.0 Å². The topological polar surface area (TPSA) is 61.1 Å². The van der Waals surface area contributed by atoms with Crippen LogP contribution in [0.3, 0.4) is 0 Å². The van der Waals surface area contributed by atoms with Crippen LogP contribution >= 0.6 is 0 Å². The molecule has 0 bridgehead atoms. The van der Waals surface area contributed by atoms with Gasteiger partial charge in [0.1, 0.15) is 0 Å². The van der Waals surface area contributed by atoms with E-state index in [0.717, 1.165) is 38.6 Å². The fourth-order valence-electron chi connectivity index (χ4n) is 5.00. The lowest BCUT2D eigenvalue weighted by Gasteiger charge is -2.39. The van der Waals surface area contributed by atoms with E-state index in [1.807, 2.05) is 49.6 Å². The molecule has 2 atom stereocenters. The van der Waals surface area contributed by atoms with Crippen molar-refractivity contribution in [3.63, 3.8) is 0 Å². The monoisotopic (exact) mass is 474 g/mol. The van der Waals surface area contributed by atoms with E-state index >= 15 is 0 Å². The summed E-state index contributed by atoms with van der Waals surface area (Å²) in [6.45, 7) is 8.79. The summed E-state index contributed by atoms with van der Waals surface area (Å²) in [6, 6.07) is 7.37. The number of carboxylic acid groups (broad SMARTS) is 1. The minimum absolute atomic E-state index is 0.182. The lowest BCUT2D eigenvalue weighted by Crippen LogP contribution is -2.51. The van der Waals surface area contributed by atoms with E-state index in [-0.39, 0.29) is 24.7 Å². The van der Waals surface area contributed by atoms with Crippen molar-refractivity contribution >= 4 is 11.5 Å². The Morgan fingerprint density at radius 1 is 1.00 bits per heavy atom. The molecule has 0 saturated carbocycles. The standard InChI is InChI=1S/C25H29F3N4O2/c1-14-5-6-18(16(3)29-14)19-7-8-32-21(19)13-20(25(33)34)15(2)22(32)17(4)30-9-11-31(12-10-30)24(28)23(26)27/h5-8,13,17,23-24H,9-12H2,1-4H3,(H,33,34). The number of aromatic nitrogens is 2. The third-order valence-electron chi connectivity index (χ3n) is 6.85. The Balaban J connectivity index is 1.76. The summed E-state index contributed by atoms with van der Waals surface area (Å²) in [5.41, 5.74) is 6.03. The summed E-state index contributed by atoms with van der Waals surface area (Å²) in [7, 11) is 0. The van der Waals surface area contributed by atoms with Crippen LogP contribution in [0.2, 0.25) is 0 Å². The van der Waals surface area contributed by atoms with Gasteiger partial charge in [-0.3, -0.25) is 14.8 Å². The molecule has 1 aliphatic rings. The molecule has 9 heteroatoms. The van der Waals surface area contributed by atoms with Crippen LogP contribution in [-0.2, 0) is 0 Å². The number of piperazine rings is 1. The van der Waals surface area contributed by atoms with Gasteiger partial charge in [0, 0.05) is 66.6 Å². The Labute approximate surface area is 196 Å². The van der Waals surface area contributed by atoms with Crippen LogP contribution < -0.4 is 0 Å². The number of carboxylic acids is 1. The van der Waals surface area contributed by atoms with Gasteiger partial charge >= 0.3 is 5.97 Å². The Kier molecular flexibility index (Phi) is 6.69. The molecule has 182 valence electrons. The third kappa shape index (κ3) is 4.30. The van der Waals surface area contributed by atoms with Crippen LogP contribution in [0.4, 0.5) is 13.2 Å². The number of rotatable bonds is 6. The van der Waals surface area contributed by atoms with Crippen LogP contribution in [0, 0.1) is 20.8 Å².